The Bertz CT molecular complexity index is 1110. The Labute approximate surface area is 181 Å². The first-order chi connectivity index (χ1) is 14.3. The summed E-state index contributed by atoms with van der Waals surface area (Å²) in [5.74, 6) is -1.48. The van der Waals surface area contributed by atoms with E-state index in [1.54, 1.807) is 6.07 Å². The molecule has 0 saturated heterocycles. The summed E-state index contributed by atoms with van der Waals surface area (Å²) in [5, 5.41) is 5.98. The maximum Gasteiger partial charge on any atom is 0.310 e. The summed E-state index contributed by atoms with van der Waals surface area (Å²) in [4.78, 5) is 35.9. The maximum atomic E-state index is 12.0. The van der Waals surface area contributed by atoms with Crippen LogP contribution in [0, 0.1) is 13.8 Å². The van der Waals surface area contributed by atoms with Gasteiger partial charge in [0.1, 0.15) is 5.58 Å². The molecule has 2 amide bonds. The summed E-state index contributed by atoms with van der Waals surface area (Å²) in [7, 11) is 0. The summed E-state index contributed by atoms with van der Waals surface area (Å²) in [5.41, 5.74) is 4.00. The zero-order chi connectivity index (χ0) is 21.7. The number of rotatable bonds is 7. The highest BCUT2D eigenvalue weighted by atomic mass is 79.9. The van der Waals surface area contributed by atoms with E-state index in [1.807, 2.05) is 44.2 Å². The topological polar surface area (TPSA) is 97.6 Å². The number of ether oxygens (including phenoxy) is 1. The Hall–Kier alpha value is -3.13. The van der Waals surface area contributed by atoms with Crippen molar-refractivity contribution in [1.82, 2.24) is 5.32 Å². The van der Waals surface area contributed by atoms with E-state index >= 15 is 0 Å². The molecule has 1 heterocycles. The van der Waals surface area contributed by atoms with Crippen LogP contribution in [0.2, 0.25) is 0 Å². The third-order valence-corrected chi connectivity index (χ3v) is 4.91. The lowest BCUT2D eigenvalue weighted by Crippen LogP contribution is -2.35. The third kappa shape index (κ3) is 5.70. The smallest absolute Gasteiger partial charge is 0.310 e. The molecule has 0 unspecified atom stereocenters. The molecule has 156 valence electrons. The van der Waals surface area contributed by atoms with E-state index in [0.29, 0.717) is 16.8 Å². The standard InChI is InChI=1S/C22H21BrN2O5/c1-13-3-5-17-15(11-29-19(17)7-13)9-22(28)30-12-21(27)24-10-20(26)25-18-6-4-16(23)8-14(18)2/h3-8,11H,9-10,12H2,1-2H3,(H,24,27)(H,25,26). The van der Waals surface area contributed by atoms with E-state index < -0.39 is 18.5 Å². The van der Waals surface area contributed by atoms with E-state index in [4.69, 9.17) is 9.15 Å². The van der Waals surface area contributed by atoms with Crippen LogP contribution in [0.25, 0.3) is 11.0 Å². The molecule has 0 bridgehead atoms. The highest BCUT2D eigenvalue weighted by Crippen LogP contribution is 2.23. The molecule has 0 spiro atoms. The number of fused-ring (bicyclic) bond motifs is 1. The molecule has 2 aromatic carbocycles. The van der Waals surface area contributed by atoms with Crippen LogP contribution in [0.5, 0.6) is 0 Å². The summed E-state index contributed by atoms with van der Waals surface area (Å²) < 4.78 is 11.4. The van der Waals surface area contributed by atoms with Crippen LogP contribution in [0.4, 0.5) is 5.69 Å². The van der Waals surface area contributed by atoms with Gasteiger partial charge in [-0.25, -0.2) is 0 Å². The fourth-order valence-electron chi connectivity index (χ4n) is 2.87. The number of amides is 2. The first-order valence-electron chi connectivity index (χ1n) is 9.27. The molecular weight excluding hydrogens is 452 g/mol. The van der Waals surface area contributed by atoms with Crippen LogP contribution in [0.15, 0.2) is 51.6 Å². The molecule has 30 heavy (non-hydrogen) atoms. The van der Waals surface area contributed by atoms with Gasteiger partial charge in [0.15, 0.2) is 6.61 Å². The molecule has 0 atom stereocenters. The van der Waals surface area contributed by atoms with Crippen LogP contribution in [0.1, 0.15) is 16.7 Å². The van der Waals surface area contributed by atoms with E-state index in [0.717, 1.165) is 21.0 Å². The Morgan fingerprint density at radius 1 is 1.07 bits per heavy atom. The number of halogens is 1. The van der Waals surface area contributed by atoms with Gasteiger partial charge in [0.05, 0.1) is 19.2 Å². The van der Waals surface area contributed by atoms with Gasteiger partial charge < -0.3 is 19.8 Å². The fraction of sp³-hybridized carbons (Fsp3) is 0.227. The number of aryl methyl sites for hydroxylation is 2. The van der Waals surface area contributed by atoms with Crippen LogP contribution in [0.3, 0.4) is 0 Å². The van der Waals surface area contributed by atoms with Crippen LogP contribution < -0.4 is 10.6 Å². The van der Waals surface area contributed by atoms with Gasteiger partial charge in [-0.05, 0) is 49.2 Å². The number of nitrogens with one attached hydrogen (secondary N) is 2. The lowest BCUT2D eigenvalue weighted by Gasteiger charge is -2.10. The number of hydrogen-bond donors (Lipinski definition) is 2. The molecule has 0 radical (unpaired) electrons. The molecule has 3 aromatic rings. The van der Waals surface area contributed by atoms with Crippen LogP contribution >= 0.6 is 15.9 Å². The minimum Gasteiger partial charge on any atom is -0.464 e. The summed E-state index contributed by atoms with van der Waals surface area (Å²) in [6.07, 6.45) is 1.51. The highest BCUT2D eigenvalue weighted by Gasteiger charge is 2.14. The predicted octanol–water partition coefficient (Wildman–Crippen LogP) is 3.65. The van der Waals surface area contributed by atoms with Crippen molar-refractivity contribution in [1.29, 1.82) is 0 Å². The number of carbonyl (C=O) groups excluding carboxylic acids is 3. The number of benzene rings is 2. The third-order valence-electron chi connectivity index (χ3n) is 4.42. The van der Waals surface area contributed by atoms with Gasteiger partial charge in [-0.1, -0.05) is 28.1 Å². The molecule has 3 rings (SSSR count). The maximum absolute atomic E-state index is 12.0. The normalized spacial score (nSPS) is 10.6. The number of esters is 1. The highest BCUT2D eigenvalue weighted by molar-refractivity contribution is 9.10. The Kier molecular flexibility index (Phi) is 6.89. The van der Waals surface area contributed by atoms with Gasteiger partial charge in [-0.2, -0.15) is 0 Å². The molecule has 8 heteroatoms. The van der Waals surface area contributed by atoms with Crippen molar-refractivity contribution in [2.75, 3.05) is 18.5 Å². The second-order valence-corrected chi connectivity index (χ2v) is 7.80. The van der Waals surface area contributed by atoms with Crippen molar-refractivity contribution in [3.05, 3.63) is 63.8 Å². The molecule has 2 N–H and O–H groups in total. The molecular formula is C22H21BrN2O5. The molecule has 0 aliphatic carbocycles. The molecule has 0 aliphatic heterocycles. The zero-order valence-corrected chi connectivity index (χ0v) is 18.2. The molecule has 0 saturated carbocycles. The van der Waals surface area contributed by atoms with E-state index in [1.165, 1.54) is 6.26 Å². The second-order valence-electron chi connectivity index (χ2n) is 6.88. The molecule has 0 fully saturated rings. The summed E-state index contributed by atoms with van der Waals surface area (Å²) in [6.45, 7) is 3.13. The molecule has 7 nitrogen and oxygen atoms in total. The Morgan fingerprint density at radius 3 is 2.63 bits per heavy atom. The van der Waals surface area contributed by atoms with E-state index in [2.05, 4.69) is 26.6 Å². The number of hydrogen-bond acceptors (Lipinski definition) is 5. The van der Waals surface area contributed by atoms with Crippen molar-refractivity contribution in [2.45, 2.75) is 20.3 Å². The largest absolute Gasteiger partial charge is 0.464 e. The monoisotopic (exact) mass is 472 g/mol. The van der Waals surface area contributed by atoms with Crippen molar-refractivity contribution < 1.29 is 23.5 Å². The van der Waals surface area contributed by atoms with Gasteiger partial charge in [0.2, 0.25) is 5.91 Å². The zero-order valence-electron chi connectivity index (χ0n) is 16.6. The number of furan rings is 1. The molecule has 0 aliphatic rings. The Balaban J connectivity index is 1.42. The first kappa shape index (κ1) is 21.6. The van der Waals surface area contributed by atoms with E-state index in [9.17, 15) is 14.4 Å². The minimum atomic E-state index is -0.557. The SMILES string of the molecule is Cc1ccc2c(CC(=O)OCC(=O)NCC(=O)Nc3ccc(Br)cc3C)coc2c1. The minimum absolute atomic E-state index is 0.00727. The van der Waals surface area contributed by atoms with Gasteiger partial charge in [-0.15, -0.1) is 0 Å². The van der Waals surface area contributed by atoms with Gasteiger partial charge >= 0.3 is 5.97 Å². The van der Waals surface area contributed by atoms with Gasteiger partial charge in [0.25, 0.3) is 5.91 Å². The number of anilines is 1. The van der Waals surface area contributed by atoms with Crippen molar-refractivity contribution >= 4 is 50.4 Å². The average Bonchev–Trinajstić information content (AvgIpc) is 3.08. The second kappa shape index (κ2) is 9.58. The number of carbonyl (C=O) groups is 3. The summed E-state index contributed by atoms with van der Waals surface area (Å²) in [6, 6.07) is 11.2. The predicted molar refractivity (Wildman–Crippen MR) is 116 cm³/mol. The lowest BCUT2D eigenvalue weighted by molar-refractivity contribution is -0.147. The first-order valence-corrected chi connectivity index (χ1v) is 10.1. The van der Waals surface area contributed by atoms with Gasteiger partial charge in [-0.3, -0.25) is 14.4 Å². The van der Waals surface area contributed by atoms with E-state index in [-0.39, 0.29) is 18.9 Å². The van der Waals surface area contributed by atoms with Crippen molar-refractivity contribution in [2.24, 2.45) is 0 Å². The molecule has 1 aromatic heterocycles. The fourth-order valence-corrected chi connectivity index (χ4v) is 3.35. The summed E-state index contributed by atoms with van der Waals surface area (Å²) >= 11 is 3.36. The lowest BCUT2D eigenvalue weighted by atomic mass is 10.1. The van der Waals surface area contributed by atoms with Crippen LogP contribution in [-0.4, -0.2) is 30.9 Å². The average molecular weight is 473 g/mol. The van der Waals surface area contributed by atoms with Gasteiger partial charge in [0, 0.05) is 21.1 Å². The quantitative estimate of drug-likeness (QED) is 0.511. The van der Waals surface area contributed by atoms with Crippen molar-refractivity contribution in [3.63, 3.8) is 0 Å². The van der Waals surface area contributed by atoms with Crippen molar-refractivity contribution in [3.8, 4) is 0 Å². The Morgan fingerprint density at radius 2 is 1.87 bits per heavy atom. The van der Waals surface area contributed by atoms with Crippen LogP contribution in [-0.2, 0) is 25.5 Å².